The van der Waals surface area contributed by atoms with Gasteiger partial charge < -0.3 is 4.74 Å². The molecular weight excluding hydrogens is 350 g/mol. The van der Waals surface area contributed by atoms with Crippen molar-refractivity contribution in [2.45, 2.75) is 5.16 Å². The molecule has 25 heavy (non-hydrogen) atoms. The van der Waals surface area contributed by atoms with Gasteiger partial charge in [0.15, 0.2) is 11.0 Å². The number of hydrogen-bond acceptors (Lipinski definition) is 5. The van der Waals surface area contributed by atoms with Crippen molar-refractivity contribution in [1.82, 2.24) is 14.8 Å². The van der Waals surface area contributed by atoms with Gasteiger partial charge in [0.2, 0.25) is 0 Å². The van der Waals surface area contributed by atoms with Crippen LogP contribution in [0.3, 0.4) is 0 Å². The highest BCUT2D eigenvalue weighted by atomic mass is 32.2. The number of benzene rings is 2. The molecule has 2 heterocycles. The zero-order valence-corrected chi connectivity index (χ0v) is 15.1. The minimum Gasteiger partial charge on any atom is -0.457 e. The third kappa shape index (κ3) is 3.31. The number of nitrogens with zero attached hydrogens (tertiary/aromatic N) is 3. The van der Waals surface area contributed by atoms with Crippen molar-refractivity contribution in [3.63, 3.8) is 0 Å². The molecule has 0 radical (unpaired) electrons. The Bertz CT molecular complexity index is 948. The van der Waals surface area contributed by atoms with E-state index in [1.165, 1.54) is 0 Å². The van der Waals surface area contributed by atoms with Crippen LogP contribution in [0.2, 0.25) is 0 Å². The van der Waals surface area contributed by atoms with E-state index < -0.39 is 0 Å². The van der Waals surface area contributed by atoms with Crippen molar-refractivity contribution in [3.8, 4) is 27.9 Å². The van der Waals surface area contributed by atoms with E-state index in [4.69, 9.17) is 4.74 Å². The van der Waals surface area contributed by atoms with E-state index >= 15 is 0 Å². The van der Waals surface area contributed by atoms with Gasteiger partial charge in [0.05, 0.1) is 10.6 Å². The Morgan fingerprint density at radius 3 is 2.32 bits per heavy atom. The average Bonchev–Trinajstić information content (AvgIpc) is 3.32. The molecule has 4 aromatic rings. The topological polar surface area (TPSA) is 39.9 Å². The quantitative estimate of drug-likeness (QED) is 0.437. The first-order valence-corrected chi connectivity index (χ1v) is 9.82. The van der Waals surface area contributed by atoms with Crippen molar-refractivity contribution in [3.05, 3.63) is 72.1 Å². The molecule has 0 unspecified atom stereocenters. The van der Waals surface area contributed by atoms with E-state index in [2.05, 4.69) is 20.8 Å². The van der Waals surface area contributed by atoms with Gasteiger partial charge >= 0.3 is 0 Å². The summed E-state index contributed by atoms with van der Waals surface area (Å²) in [6.07, 6.45) is 2.01. The Morgan fingerprint density at radius 2 is 1.64 bits per heavy atom. The molecule has 4 nitrogen and oxygen atoms in total. The molecule has 0 aliphatic heterocycles. The molecular formula is C19H15N3OS2. The predicted molar refractivity (Wildman–Crippen MR) is 103 cm³/mol. The van der Waals surface area contributed by atoms with E-state index in [-0.39, 0.29) is 0 Å². The number of thiophene rings is 1. The number of aromatic nitrogens is 3. The number of rotatable bonds is 5. The SMILES string of the molecule is CSc1nnc(-c2cccs2)n1-c1ccc(Oc2ccccc2)cc1. The first-order chi connectivity index (χ1) is 12.3. The third-order valence-corrected chi connectivity index (χ3v) is 5.13. The summed E-state index contributed by atoms with van der Waals surface area (Å²) in [6, 6.07) is 21.8. The first kappa shape index (κ1) is 15.9. The minimum atomic E-state index is 0.798. The highest BCUT2D eigenvalue weighted by molar-refractivity contribution is 7.98. The van der Waals surface area contributed by atoms with Gasteiger partial charge in [-0.05, 0) is 54.1 Å². The van der Waals surface area contributed by atoms with E-state index in [0.717, 1.165) is 33.0 Å². The van der Waals surface area contributed by atoms with Gasteiger partial charge in [0, 0.05) is 0 Å². The Labute approximate surface area is 154 Å². The second-order valence-electron chi connectivity index (χ2n) is 5.23. The highest BCUT2D eigenvalue weighted by Gasteiger charge is 2.15. The predicted octanol–water partition coefficient (Wildman–Crippen LogP) is 5.51. The smallest absolute Gasteiger partial charge is 0.195 e. The average molecular weight is 365 g/mol. The molecule has 2 aromatic carbocycles. The van der Waals surface area contributed by atoms with Gasteiger partial charge in [-0.1, -0.05) is 36.0 Å². The van der Waals surface area contributed by atoms with Crippen LogP contribution in [0.4, 0.5) is 0 Å². The normalized spacial score (nSPS) is 10.8. The number of hydrogen-bond donors (Lipinski definition) is 0. The molecule has 0 spiro atoms. The van der Waals surface area contributed by atoms with Crippen molar-refractivity contribution >= 4 is 23.1 Å². The van der Waals surface area contributed by atoms with E-state index in [1.807, 2.05) is 72.3 Å². The van der Waals surface area contributed by atoms with Crippen molar-refractivity contribution < 1.29 is 4.74 Å². The molecule has 0 N–H and O–H groups in total. The molecule has 2 aromatic heterocycles. The van der Waals surface area contributed by atoms with E-state index in [0.29, 0.717) is 0 Å². The number of ether oxygens (including phenoxy) is 1. The van der Waals surface area contributed by atoms with Crippen molar-refractivity contribution in [2.24, 2.45) is 0 Å². The Balaban J connectivity index is 1.67. The van der Waals surface area contributed by atoms with Crippen LogP contribution in [0.15, 0.2) is 77.3 Å². The van der Waals surface area contributed by atoms with E-state index in [9.17, 15) is 0 Å². The standard InChI is InChI=1S/C19H15N3OS2/c1-24-19-21-20-18(17-8-5-13-25-17)22(19)14-9-11-16(12-10-14)23-15-6-3-2-4-7-15/h2-13H,1H3. The maximum Gasteiger partial charge on any atom is 0.195 e. The summed E-state index contributed by atoms with van der Waals surface area (Å²) in [5, 5.41) is 11.6. The fourth-order valence-corrected chi connectivity index (χ4v) is 3.68. The monoisotopic (exact) mass is 365 g/mol. The molecule has 0 atom stereocenters. The van der Waals surface area contributed by atoms with Crippen LogP contribution in [0.25, 0.3) is 16.4 Å². The Morgan fingerprint density at radius 1 is 0.880 bits per heavy atom. The molecule has 6 heteroatoms. The molecule has 0 amide bonds. The van der Waals surface area contributed by atoms with Gasteiger partial charge in [-0.25, -0.2) is 0 Å². The summed E-state index contributed by atoms with van der Waals surface area (Å²) in [6.45, 7) is 0. The third-order valence-electron chi connectivity index (χ3n) is 3.63. The Kier molecular flexibility index (Phi) is 4.54. The molecule has 0 aliphatic carbocycles. The van der Waals surface area contributed by atoms with Crippen LogP contribution in [-0.4, -0.2) is 21.0 Å². The molecule has 0 aliphatic rings. The molecule has 0 fully saturated rings. The van der Waals surface area contributed by atoms with E-state index in [1.54, 1.807) is 23.1 Å². The van der Waals surface area contributed by atoms with Gasteiger partial charge in [-0.3, -0.25) is 4.57 Å². The molecule has 124 valence electrons. The zero-order chi connectivity index (χ0) is 17.1. The van der Waals surface area contributed by atoms with Crippen LogP contribution in [-0.2, 0) is 0 Å². The highest BCUT2D eigenvalue weighted by Crippen LogP contribution is 2.30. The van der Waals surface area contributed by atoms with Crippen LogP contribution in [0.5, 0.6) is 11.5 Å². The molecule has 0 saturated carbocycles. The fraction of sp³-hybridized carbons (Fsp3) is 0.0526. The lowest BCUT2D eigenvalue weighted by Gasteiger charge is -2.10. The van der Waals surface area contributed by atoms with Crippen molar-refractivity contribution in [2.75, 3.05) is 6.26 Å². The fourth-order valence-electron chi connectivity index (χ4n) is 2.49. The Hall–Kier alpha value is -2.57. The lowest BCUT2D eigenvalue weighted by Crippen LogP contribution is -1.98. The maximum atomic E-state index is 5.87. The minimum absolute atomic E-state index is 0.798. The summed E-state index contributed by atoms with van der Waals surface area (Å²) in [5.74, 6) is 2.48. The van der Waals surface area contributed by atoms with Crippen LogP contribution in [0, 0.1) is 0 Å². The molecule has 0 saturated heterocycles. The molecule has 4 rings (SSSR count). The lowest BCUT2D eigenvalue weighted by atomic mass is 10.3. The summed E-state index contributed by atoms with van der Waals surface area (Å²) in [4.78, 5) is 1.09. The van der Waals surface area contributed by atoms with Crippen LogP contribution < -0.4 is 4.74 Å². The van der Waals surface area contributed by atoms with Crippen molar-refractivity contribution in [1.29, 1.82) is 0 Å². The lowest BCUT2D eigenvalue weighted by molar-refractivity contribution is 0.482. The largest absolute Gasteiger partial charge is 0.457 e. The first-order valence-electron chi connectivity index (χ1n) is 7.72. The van der Waals surface area contributed by atoms with Gasteiger partial charge in [0.25, 0.3) is 0 Å². The number of thioether (sulfide) groups is 1. The maximum absolute atomic E-state index is 5.87. The summed E-state index contributed by atoms with van der Waals surface area (Å²) in [5.41, 5.74) is 1.01. The van der Waals surface area contributed by atoms with Crippen LogP contribution >= 0.6 is 23.1 Å². The van der Waals surface area contributed by atoms with Crippen LogP contribution in [0.1, 0.15) is 0 Å². The van der Waals surface area contributed by atoms with Gasteiger partial charge in [-0.15, -0.1) is 21.5 Å². The second kappa shape index (κ2) is 7.13. The summed E-state index contributed by atoms with van der Waals surface area (Å²) in [7, 11) is 0. The van der Waals surface area contributed by atoms with Gasteiger partial charge in [0.1, 0.15) is 11.5 Å². The molecule has 0 bridgehead atoms. The number of para-hydroxylation sites is 1. The van der Waals surface area contributed by atoms with Gasteiger partial charge in [-0.2, -0.15) is 0 Å². The summed E-state index contributed by atoms with van der Waals surface area (Å²) < 4.78 is 7.94. The second-order valence-corrected chi connectivity index (χ2v) is 6.95. The zero-order valence-electron chi connectivity index (χ0n) is 13.5. The summed E-state index contributed by atoms with van der Waals surface area (Å²) >= 11 is 3.23.